The van der Waals surface area contributed by atoms with E-state index in [0.29, 0.717) is 5.56 Å². The zero-order chi connectivity index (χ0) is 14.1. The SMILES string of the molecule is CN(N)C(=O)c1ccc(-c2ccnc3[nH]ccc23)cc1. The number of pyridine rings is 1. The number of nitrogens with zero attached hydrogens (tertiary/aromatic N) is 2. The summed E-state index contributed by atoms with van der Waals surface area (Å²) in [4.78, 5) is 19.1. The number of carbonyl (C=O) groups is 1. The van der Waals surface area contributed by atoms with Crippen molar-refractivity contribution in [2.45, 2.75) is 0 Å². The Morgan fingerprint density at radius 1 is 1.20 bits per heavy atom. The van der Waals surface area contributed by atoms with Crippen molar-refractivity contribution in [2.75, 3.05) is 7.05 Å². The summed E-state index contributed by atoms with van der Waals surface area (Å²) in [6.45, 7) is 0. The standard InChI is InChI=1S/C15H14N4O/c1-19(16)15(20)11-4-2-10(3-5-11)12-6-8-17-14-13(12)7-9-18-14/h2-9H,16H2,1H3,(H,17,18). The van der Waals surface area contributed by atoms with Gasteiger partial charge in [0, 0.05) is 30.4 Å². The minimum absolute atomic E-state index is 0.210. The average Bonchev–Trinajstić information content (AvgIpc) is 2.95. The Bertz CT molecular complexity index is 759. The molecule has 0 aliphatic rings. The van der Waals surface area contributed by atoms with Crippen LogP contribution in [0.2, 0.25) is 0 Å². The first-order valence-electron chi connectivity index (χ1n) is 6.22. The van der Waals surface area contributed by atoms with E-state index >= 15 is 0 Å². The number of amides is 1. The average molecular weight is 266 g/mol. The monoisotopic (exact) mass is 266 g/mol. The smallest absolute Gasteiger partial charge is 0.267 e. The van der Waals surface area contributed by atoms with Gasteiger partial charge in [0.1, 0.15) is 5.65 Å². The van der Waals surface area contributed by atoms with Crippen molar-refractivity contribution in [2.24, 2.45) is 5.84 Å². The predicted molar refractivity (Wildman–Crippen MR) is 77.8 cm³/mol. The number of aromatic nitrogens is 2. The molecule has 1 aromatic carbocycles. The molecule has 0 spiro atoms. The van der Waals surface area contributed by atoms with Gasteiger partial charge >= 0.3 is 0 Å². The Morgan fingerprint density at radius 2 is 1.95 bits per heavy atom. The first kappa shape index (κ1) is 12.4. The third kappa shape index (κ3) is 2.04. The molecule has 0 saturated carbocycles. The number of nitrogens with one attached hydrogen (secondary N) is 1. The second kappa shape index (κ2) is 4.79. The number of benzene rings is 1. The van der Waals surface area contributed by atoms with E-state index in [1.165, 1.54) is 7.05 Å². The van der Waals surface area contributed by atoms with Gasteiger partial charge in [-0.25, -0.2) is 10.8 Å². The molecular formula is C15H14N4O. The fraction of sp³-hybridized carbons (Fsp3) is 0.0667. The number of fused-ring (bicyclic) bond motifs is 1. The highest BCUT2D eigenvalue weighted by Gasteiger charge is 2.09. The molecule has 0 aliphatic heterocycles. The third-order valence-electron chi connectivity index (χ3n) is 3.22. The molecule has 2 heterocycles. The highest BCUT2D eigenvalue weighted by molar-refractivity contribution is 5.96. The lowest BCUT2D eigenvalue weighted by Crippen LogP contribution is -2.32. The zero-order valence-electron chi connectivity index (χ0n) is 11.0. The number of aromatic amines is 1. The first-order valence-corrected chi connectivity index (χ1v) is 6.22. The second-order valence-corrected chi connectivity index (χ2v) is 4.59. The number of hydrogen-bond acceptors (Lipinski definition) is 3. The summed E-state index contributed by atoms with van der Waals surface area (Å²) in [5.41, 5.74) is 3.53. The Kier molecular flexibility index (Phi) is 2.96. The molecule has 0 saturated heterocycles. The summed E-state index contributed by atoms with van der Waals surface area (Å²) in [7, 11) is 1.53. The van der Waals surface area contributed by atoms with Gasteiger partial charge in [-0.1, -0.05) is 12.1 Å². The molecule has 20 heavy (non-hydrogen) atoms. The van der Waals surface area contributed by atoms with Crippen LogP contribution in [0.15, 0.2) is 48.8 Å². The van der Waals surface area contributed by atoms with Crippen molar-refractivity contribution in [1.82, 2.24) is 15.0 Å². The van der Waals surface area contributed by atoms with Crippen LogP contribution in [-0.2, 0) is 0 Å². The van der Waals surface area contributed by atoms with E-state index < -0.39 is 0 Å². The minimum Gasteiger partial charge on any atom is -0.346 e. The molecule has 5 nitrogen and oxygen atoms in total. The number of H-pyrrole nitrogens is 1. The van der Waals surface area contributed by atoms with Crippen LogP contribution < -0.4 is 5.84 Å². The summed E-state index contributed by atoms with van der Waals surface area (Å²) in [5.74, 6) is 5.24. The van der Waals surface area contributed by atoms with Gasteiger partial charge in [0.15, 0.2) is 0 Å². The topological polar surface area (TPSA) is 75.0 Å². The summed E-state index contributed by atoms with van der Waals surface area (Å²) in [5, 5.41) is 2.13. The van der Waals surface area contributed by atoms with E-state index in [-0.39, 0.29) is 5.91 Å². The molecule has 3 aromatic rings. The van der Waals surface area contributed by atoms with E-state index in [1.807, 2.05) is 30.5 Å². The van der Waals surface area contributed by atoms with E-state index in [4.69, 9.17) is 5.84 Å². The highest BCUT2D eigenvalue weighted by atomic mass is 16.2. The van der Waals surface area contributed by atoms with Crippen LogP contribution in [0.1, 0.15) is 10.4 Å². The third-order valence-corrected chi connectivity index (χ3v) is 3.22. The molecule has 5 heteroatoms. The number of rotatable bonds is 2. The van der Waals surface area contributed by atoms with Gasteiger partial charge in [-0.2, -0.15) is 0 Å². The maximum atomic E-state index is 11.7. The van der Waals surface area contributed by atoms with Crippen LogP contribution in [0.3, 0.4) is 0 Å². The lowest BCUT2D eigenvalue weighted by molar-refractivity contribution is 0.0795. The van der Waals surface area contributed by atoms with Gasteiger partial charge < -0.3 is 4.98 Å². The molecule has 0 radical (unpaired) electrons. The van der Waals surface area contributed by atoms with Gasteiger partial charge in [-0.15, -0.1) is 0 Å². The molecule has 0 bridgehead atoms. The van der Waals surface area contributed by atoms with E-state index in [9.17, 15) is 4.79 Å². The molecule has 0 atom stereocenters. The molecule has 100 valence electrons. The van der Waals surface area contributed by atoms with Crippen LogP contribution in [0.4, 0.5) is 0 Å². The van der Waals surface area contributed by atoms with Gasteiger partial charge in [0.05, 0.1) is 0 Å². The van der Waals surface area contributed by atoms with Crippen LogP contribution in [-0.4, -0.2) is 27.9 Å². The number of carbonyl (C=O) groups excluding carboxylic acids is 1. The normalized spacial score (nSPS) is 10.7. The van der Waals surface area contributed by atoms with Crippen molar-refractivity contribution in [3.8, 4) is 11.1 Å². The Balaban J connectivity index is 2.03. The quantitative estimate of drug-likeness (QED) is 0.424. The van der Waals surface area contributed by atoms with E-state index in [1.54, 1.807) is 18.3 Å². The Hall–Kier alpha value is -2.66. The summed E-state index contributed by atoms with van der Waals surface area (Å²) < 4.78 is 0. The Labute approximate surface area is 116 Å². The fourth-order valence-electron chi connectivity index (χ4n) is 2.21. The lowest BCUT2D eigenvalue weighted by atomic mass is 10.0. The number of nitrogens with two attached hydrogens (primary N) is 1. The van der Waals surface area contributed by atoms with Crippen molar-refractivity contribution >= 4 is 16.9 Å². The molecule has 0 fully saturated rings. The molecular weight excluding hydrogens is 252 g/mol. The van der Waals surface area contributed by atoms with Crippen LogP contribution >= 0.6 is 0 Å². The lowest BCUT2D eigenvalue weighted by Gasteiger charge is -2.10. The maximum absolute atomic E-state index is 11.7. The van der Waals surface area contributed by atoms with E-state index in [2.05, 4.69) is 9.97 Å². The molecule has 3 rings (SSSR count). The van der Waals surface area contributed by atoms with Gasteiger partial charge in [0.25, 0.3) is 5.91 Å². The molecule has 1 amide bonds. The zero-order valence-corrected chi connectivity index (χ0v) is 11.0. The second-order valence-electron chi connectivity index (χ2n) is 4.59. The molecule has 2 aromatic heterocycles. The van der Waals surface area contributed by atoms with Crippen molar-refractivity contribution < 1.29 is 4.79 Å². The predicted octanol–water partition coefficient (Wildman–Crippen LogP) is 2.18. The minimum atomic E-state index is -0.210. The summed E-state index contributed by atoms with van der Waals surface area (Å²) >= 11 is 0. The number of hydrogen-bond donors (Lipinski definition) is 2. The largest absolute Gasteiger partial charge is 0.346 e. The van der Waals surface area contributed by atoms with Gasteiger partial charge in [-0.05, 0) is 35.4 Å². The van der Waals surface area contributed by atoms with Crippen molar-refractivity contribution in [3.63, 3.8) is 0 Å². The fourth-order valence-corrected chi connectivity index (χ4v) is 2.21. The maximum Gasteiger partial charge on any atom is 0.267 e. The first-order chi connectivity index (χ1) is 9.66. The van der Waals surface area contributed by atoms with Crippen LogP contribution in [0.5, 0.6) is 0 Å². The molecule has 0 unspecified atom stereocenters. The van der Waals surface area contributed by atoms with Crippen molar-refractivity contribution in [3.05, 3.63) is 54.4 Å². The van der Waals surface area contributed by atoms with Gasteiger partial charge in [0.2, 0.25) is 0 Å². The van der Waals surface area contributed by atoms with Crippen molar-refractivity contribution in [1.29, 1.82) is 0 Å². The summed E-state index contributed by atoms with van der Waals surface area (Å²) in [6.07, 6.45) is 3.63. The van der Waals surface area contributed by atoms with Gasteiger partial charge in [-0.3, -0.25) is 9.80 Å². The van der Waals surface area contributed by atoms with E-state index in [0.717, 1.165) is 27.2 Å². The summed E-state index contributed by atoms with van der Waals surface area (Å²) in [6, 6.07) is 11.3. The number of hydrazine groups is 1. The van der Waals surface area contributed by atoms with Crippen LogP contribution in [0.25, 0.3) is 22.2 Å². The Morgan fingerprint density at radius 3 is 2.65 bits per heavy atom. The van der Waals surface area contributed by atoms with Crippen LogP contribution in [0, 0.1) is 0 Å². The molecule has 0 aliphatic carbocycles. The highest BCUT2D eigenvalue weighted by Crippen LogP contribution is 2.27. The molecule has 3 N–H and O–H groups in total.